The summed E-state index contributed by atoms with van der Waals surface area (Å²) in [6, 6.07) is 1.65. The number of methoxy groups -OCH3 is 1. The van der Waals surface area contributed by atoms with Crippen molar-refractivity contribution in [2.75, 3.05) is 12.8 Å². The van der Waals surface area contributed by atoms with Crippen LogP contribution < -0.4 is 5.73 Å². The van der Waals surface area contributed by atoms with Gasteiger partial charge in [0.25, 0.3) is 0 Å². The second kappa shape index (κ2) is 3.21. The number of pyridine rings is 1. The van der Waals surface area contributed by atoms with E-state index >= 15 is 0 Å². The van der Waals surface area contributed by atoms with Gasteiger partial charge in [-0.2, -0.15) is 0 Å². The number of carbonyl (C=O) groups is 1. The van der Waals surface area contributed by atoms with Crippen LogP contribution in [-0.4, -0.2) is 18.1 Å². The summed E-state index contributed by atoms with van der Waals surface area (Å²) in [6.07, 6.45) is 1.40. The number of aromatic nitrogens is 1. The Labute approximate surface area is 70.4 Å². The van der Waals surface area contributed by atoms with Gasteiger partial charge in [0.2, 0.25) is 0 Å². The third-order valence-corrected chi connectivity index (χ3v) is 1.54. The van der Waals surface area contributed by atoms with Crippen LogP contribution in [0.25, 0.3) is 0 Å². The van der Waals surface area contributed by atoms with E-state index < -0.39 is 5.97 Å². The standard InChI is InChI=1S/C8H10N2O2/c1-5-3-6(8(11)12-2)4-10-7(5)9/h3-4H,1-2H3,(H2,9,10). The molecule has 0 radical (unpaired) electrons. The smallest absolute Gasteiger partial charge is 0.339 e. The topological polar surface area (TPSA) is 65.2 Å². The molecule has 1 aromatic heterocycles. The third kappa shape index (κ3) is 1.53. The Hall–Kier alpha value is -1.58. The van der Waals surface area contributed by atoms with Crippen molar-refractivity contribution in [3.8, 4) is 0 Å². The first-order chi connectivity index (χ1) is 5.65. The minimum Gasteiger partial charge on any atom is -0.465 e. The van der Waals surface area contributed by atoms with E-state index in [1.807, 2.05) is 0 Å². The number of rotatable bonds is 1. The van der Waals surface area contributed by atoms with Crippen LogP contribution in [0.1, 0.15) is 15.9 Å². The van der Waals surface area contributed by atoms with Gasteiger partial charge in [-0.25, -0.2) is 9.78 Å². The van der Waals surface area contributed by atoms with Crippen molar-refractivity contribution in [1.29, 1.82) is 0 Å². The van der Waals surface area contributed by atoms with E-state index in [1.54, 1.807) is 13.0 Å². The Morgan fingerprint density at radius 2 is 2.33 bits per heavy atom. The number of carbonyl (C=O) groups excluding carboxylic acids is 1. The van der Waals surface area contributed by atoms with Crippen molar-refractivity contribution in [3.63, 3.8) is 0 Å². The lowest BCUT2D eigenvalue weighted by Gasteiger charge is -2.01. The Morgan fingerprint density at radius 1 is 1.67 bits per heavy atom. The van der Waals surface area contributed by atoms with Gasteiger partial charge in [0.05, 0.1) is 12.7 Å². The number of anilines is 1. The van der Waals surface area contributed by atoms with Crippen molar-refractivity contribution in [3.05, 3.63) is 23.4 Å². The lowest BCUT2D eigenvalue weighted by Crippen LogP contribution is -2.04. The molecule has 0 atom stereocenters. The molecule has 0 unspecified atom stereocenters. The van der Waals surface area contributed by atoms with Gasteiger partial charge in [-0.15, -0.1) is 0 Å². The van der Waals surface area contributed by atoms with E-state index in [4.69, 9.17) is 5.73 Å². The van der Waals surface area contributed by atoms with E-state index in [0.717, 1.165) is 5.56 Å². The maximum absolute atomic E-state index is 11.0. The molecule has 0 fully saturated rings. The van der Waals surface area contributed by atoms with Crippen LogP contribution in [0.2, 0.25) is 0 Å². The van der Waals surface area contributed by atoms with Crippen LogP contribution in [0.4, 0.5) is 5.82 Å². The number of aryl methyl sites for hydroxylation is 1. The summed E-state index contributed by atoms with van der Waals surface area (Å²) in [6.45, 7) is 1.79. The summed E-state index contributed by atoms with van der Waals surface area (Å²) < 4.78 is 4.51. The summed E-state index contributed by atoms with van der Waals surface area (Å²) in [5, 5.41) is 0. The molecule has 1 heterocycles. The highest BCUT2D eigenvalue weighted by Gasteiger charge is 2.06. The maximum atomic E-state index is 11.0. The molecule has 0 saturated heterocycles. The first-order valence-electron chi connectivity index (χ1n) is 3.45. The molecule has 4 nitrogen and oxygen atoms in total. The van der Waals surface area contributed by atoms with Crippen molar-refractivity contribution in [1.82, 2.24) is 4.98 Å². The molecule has 0 amide bonds. The third-order valence-electron chi connectivity index (χ3n) is 1.54. The van der Waals surface area contributed by atoms with Crippen molar-refractivity contribution >= 4 is 11.8 Å². The zero-order valence-corrected chi connectivity index (χ0v) is 7.00. The van der Waals surface area contributed by atoms with Gasteiger partial charge < -0.3 is 10.5 Å². The first-order valence-corrected chi connectivity index (χ1v) is 3.45. The average molecular weight is 166 g/mol. The number of nitrogens with two attached hydrogens (primary N) is 1. The average Bonchev–Trinajstić information content (AvgIpc) is 2.08. The van der Waals surface area contributed by atoms with E-state index in [2.05, 4.69) is 9.72 Å². The minimum atomic E-state index is -0.398. The Morgan fingerprint density at radius 3 is 2.83 bits per heavy atom. The molecular weight excluding hydrogens is 156 g/mol. The van der Waals surface area contributed by atoms with Crippen molar-refractivity contribution in [2.45, 2.75) is 6.92 Å². The Bertz CT molecular complexity index is 310. The fourth-order valence-corrected chi connectivity index (χ4v) is 0.815. The number of nitrogen functional groups attached to an aromatic ring is 1. The Balaban J connectivity index is 3.05. The van der Waals surface area contributed by atoms with E-state index in [1.165, 1.54) is 13.3 Å². The van der Waals surface area contributed by atoms with Crippen LogP contribution in [0, 0.1) is 6.92 Å². The molecule has 0 spiro atoms. The van der Waals surface area contributed by atoms with Crippen LogP contribution in [0.5, 0.6) is 0 Å². The highest BCUT2D eigenvalue weighted by molar-refractivity contribution is 5.89. The van der Waals surface area contributed by atoms with E-state index in [9.17, 15) is 4.79 Å². The summed E-state index contributed by atoms with van der Waals surface area (Å²) in [5.41, 5.74) is 6.66. The van der Waals surface area contributed by atoms with Gasteiger partial charge in [-0.1, -0.05) is 0 Å². The summed E-state index contributed by atoms with van der Waals surface area (Å²) >= 11 is 0. The van der Waals surface area contributed by atoms with Crippen LogP contribution >= 0.6 is 0 Å². The number of ether oxygens (including phenoxy) is 1. The second-order valence-electron chi connectivity index (χ2n) is 2.42. The zero-order valence-electron chi connectivity index (χ0n) is 7.00. The van der Waals surface area contributed by atoms with Gasteiger partial charge in [-0.3, -0.25) is 0 Å². The normalized spacial score (nSPS) is 9.50. The molecule has 0 saturated carbocycles. The molecule has 1 aromatic rings. The summed E-state index contributed by atoms with van der Waals surface area (Å²) in [5.74, 6) is 0.0354. The molecular formula is C8H10N2O2. The van der Waals surface area contributed by atoms with E-state index in [-0.39, 0.29) is 0 Å². The minimum absolute atomic E-state index is 0.398. The Kier molecular flexibility index (Phi) is 2.28. The molecule has 0 aliphatic carbocycles. The van der Waals surface area contributed by atoms with Gasteiger partial charge in [-0.05, 0) is 18.6 Å². The lowest BCUT2D eigenvalue weighted by atomic mass is 10.2. The predicted octanol–water partition coefficient (Wildman–Crippen LogP) is 0.759. The van der Waals surface area contributed by atoms with Gasteiger partial charge in [0.1, 0.15) is 5.82 Å². The molecule has 1 rings (SSSR count). The molecule has 0 aromatic carbocycles. The lowest BCUT2D eigenvalue weighted by molar-refractivity contribution is 0.0600. The van der Waals surface area contributed by atoms with E-state index in [0.29, 0.717) is 11.4 Å². The fraction of sp³-hybridized carbons (Fsp3) is 0.250. The summed E-state index contributed by atoms with van der Waals surface area (Å²) in [4.78, 5) is 14.8. The zero-order chi connectivity index (χ0) is 9.14. The van der Waals surface area contributed by atoms with Crippen LogP contribution in [0.15, 0.2) is 12.3 Å². The SMILES string of the molecule is COC(=O)c1cnc(N)c(C)c1. The number of esters is 1. The quantitative estimate of drug-likeness (QED) is 0.625. The van der Waals surface area contributed by atoms with Crippen LogP contribution in [-0.2, 0) is 4.74 Å². The number of nitrogens with zero attached hydrogens (tertiary/aromatic N) is 1. The maximum Gasteiger partial charge on any atom is 0.339 e. The molecule has 12 heavy (non-hydrogen) atoms. The molecule has 0 bridgehead atoms. The van der Waals surface area contributed by atoms with Gasteiger partial charge in [0, 0.05) is 6.20 Å². The van der Waals surface area contributed by atoms with Crippen LogP contribution in [0.3, 0.4) is 0 Å². The number of hydrogen-bond acceptors (Lipinski definition) is 4. The molecule has 64 valence electrons. The fourth-order valence-electron chi connectivity index (χ4n) is 0.815. The first kappa shape index (κ1) is 8.52. The molecule has 4 heteroatoms. The monoisotopic (exact) mass is 166 g/mol. The number of hydrogen-bond donors (Lipinski definition) is 1. The van der Waals surface area contributed by atoms with Crippen molar-refractivity contribution < 1.29 is 9.53 Å². The largest absolute Gasteiger partial charge is 0.465 e. The van der Waals surface area contributed by atoms with Crippen molar-refractivity contribution in [2.24, 2.45) is 0 Å². The predicted molar refractivity (Wildman–Crippen MR) is 44.7 cm³/mol. The van der Waals surface area contributed by atoms with Gasteiger partial charge in [0.15, 0.2) is 0 Å². The molecule has 0 aliphatic heterocycles. The molecule has 0 aliphatic rings. The van der Waals surface area contributed by atoms with Gasteiger partial charge >= 0.3 is 5.97 Å². The second-order valence-corrected chi connectivity index (χ2v) is 2.42. The highest BCUT2D eigenvalue weighted by atomic mass is 16.5. The highest BCUT2D eigenvalue weighted by Crippen LogP contribution is 2.09. The summed E-state index contributed by atoms with van der Waals surface area (Å²) in [7, 11) is 1.33. The molecule has 2 N–H and O–H groups in total.